The number of aromatic amines is 1. The maximum absolute atomic E-state index is 14.4. The van der Waals surface area contributed by atoms with Gasteiger partial charge < -0.3 is 25.3 Å². The van der Waals surface area contributed by atoms with Gasteiger partial charge in [0.15, 0.2) is 0 Å². The van der Waals surface area contributed by atoms with Gasteiger partial charge in [0, 0.05) is 46.9 Å². The Kier molecular flexibility index (Phi) is 11.0. The van der Waals surface area contributed by atoms with E-state index in [9.17, 15) is 23.2 Å². The Balaban J connectivity index is 1.56. The SMILES string of the molecule is COc1ccc(N(C)C(=O)[C@@H](Cc2cc(F)cc(F)c2)C(C(N)=O)N(CC2CCCCC2)C(=O)Cc2c[nH]c3ccc(Br)cc23)cc1. The number of carbonyl (C=O) groups excluding carboxylic acids is 3. The van der Waals surface area contributed by atoms with Crippen molar-refractivity contribution in [2.75, 3.05) is 25.6 Å². The molecule has 1 heterocycles. The number of amides is 3. The Morgan fingerprint density at radius 1 is 1.00 bits per heavy atom. The molecule has 8 nitrogen and oxygen atoms in total. The fourth-order valence-electron chi connectivity index (χ4n) is 6.65. The van der Waals surface area contributed by atoms with Gasteiger partial charge in [0.2, 0.25) is 17.7 Å². The van der Waals surface area contributed by atoms with E-state index in [1.165, 1.54) is 16.9 Å². The van der Waals surface area contributed by atoms with Gasteiger partial charge in [-0.1, -0.05) is 35.2 Å². The molecule has 1 aliphatic carbocycles. The summed E-state index contributed by atoms with van der Waals surface area (Å²) in [5.74, 6) is -3.94. The molecule has 3 aromatic carbocycles. The second-order valence-corrected chi connectivity index (χ2v) is 13.2. The van der Waals surface area contributed by atoms with Crippen LogP contribution < -0.4 is 15.4 Å². The molecule has 0 saturated heterocycles. The van der Waals surface area contributed by atoms with Crippen molar-refractivity contribution in [3.63, 3.8) is 0 Å². The zero-order valence-corrected chi connectivity index (χ0v) is 28.1. The van der Waals surface area contributed by atoms with Gasteiger partial charge in [0.1, 0.15) is 23.4 Å². The summed E-state index contributed by atoms with van der Waals surface area (Å²) < 4.78 is 34.9. The van der Waals surface area contributed by atoms with Crippen LogP contribution in [0, 0.1) is 23.5 Å². The van der Waals surface area contributed by atoms with Gasteiger partial charge in [-0.05, 0) is 90.9 Å². The standard InChI is InChI=1S/C36H39BrF2N4O4/c1-42(28-9-11-29(47-2)12-10-28)36(46)31(16-23-14-26(38)19-27(39)15-23)34(35(40)45)43(21-22-6-4-3-5-7-22)33(44)17-24-20-41-32-13-8-25(37)18-30(24)32/h8-15,18-20,22,31,34,41H,3-7,16-17,21H2,1-2H3,(H2,40,45)/t31-,34?/m0/s1. The Labute approximate surface area is 281 Å². The number of H-pyrrole nitrogens is 1. The number of halogens is 3. The number of anilines is 1. The minimum absolute atomic E-state index is 0.0449. The fourth-order valence-corrected chi connectivity index (χ4v) is 7.01. The van der Waals surface area contributed by atoms with E-state index in [4.69, 9.17) is 10.5 Å². The Morgan fingerprint density at radius 3 is 2.32 bits per heavy atom. The number of fused-ring (bicyclic) bond motifs is 1. The monoisotopic (exact) mass is 708 g/mol. The van der Waals surface area contributed by atoms with Crippen LogP contribution in [0.5, 0.6) is 5.75 Å². The zero-order chi connectivity index (χ0) is 33.7. The lowest BCUT2D eigenvalue weighted by atomic mass is 9.85. The second kappa shape index (κ2) is 15.1. The molecule has 5 rings (SSSR count). The van der Waals surface area contributed by atoms with Crippen molar-refractivity contribution in [1.82, 2.24) is 9.88 Å². The lowest BCUT2D eigenvalue weighted by molar-refractivity contribution is -0.144. The maximum atomic E-state index is 14.4. The molecule has 47 heavy (non-hydrogen) atoms. The van der Waals surface area contributed by atoms with Crippen LogP contribution in [0.15, 0.2) is 71.3 Å². The number of hydrogen-bond acceptors (Lipinski definition) is 4. The number of nitrogens with one attached hydrogen (secondary N) is 1. The van der Waals surface area contributed by atoms with Crippen LogP contribution in [0.4, 0.5) is 14.5 Å². The van der Waals surface area contributed by atoms with Crippen LogP contribution >= 0.6 is 15.9 Å². The van der Waals surface area contributed by atoms with Gasteiger partial charge in [-0.3, -0.25) is 14.4 Å². The van der Waals surface area contributed by atoms with E-state index < -0.39 is 35.4 Å². The summed E-state index contributed by atoms with van der Waals surface area (Å²) in [6.07, 6.45) is 6.32. The Hall–Kier alpha value is -4.25. The third-order valence-corrected chi connectivity index (χ3v) is 9.56. The summed E-state index contributed by atoms with van der Waals surface area (Å²) in [4.78, 5) is 48.4. The highest BCUT2D eigenvalue weighted by Gasteiger charge is 2.42. The Morgan fingerprint density at radius 2 is 1.68 bits per heavy atom. The molecule has 4 aromatic rings. The normalized spacial score (nSPS) is 14.8. The highest BCUT2D eigenvalue weighted by Crippen LogP contribution is 2.31. The van der Waals surface area contributed by atoms with Crippen LogP contribution in [0.2, 0.25) is 0 Å². The molecule has 1 unspecified atom stereocenters. The van der Waals surface area contributed by atoms with Crippen molar-refractivity contribution in [1.29, 1.82) is 0 Å². The average molecular weight is 710 g/mol. The van der Waals surface area contributed by atoms with E-state index in [0.717, 1.165) is 71.2 Å². The van der Waals surface area contributed by atoms with Gasteiger partial charge >= 0.3 is 0 Å². The van der Waals surface area contributed by atoms with Gasteiger partial charge in [-0.25, -0.2) is 8.78 Å². The number of nitrogens with two attached hydrogens (primary N) is 1. The number of hydrogen-bond donors (Lipinski definition) is 2. The number of ether oxygens (including phenoxy) is 1. The van der Waals surface area contributed by atoms with E-state index in [1.54, 1.807) is 37.5 Å². The van der Waals surface area contributed by atoms with Crippen molar-refractivity contribution < 1.29 is 27.9 Å². The van der Waals surface area contributed by atoms with Crippen molar-refractivity contribution in [2.24, 2.45) is 17.6 Å². The van der Waals surface area contributed by atoms with Gasteiger partial charge in [0.05, 0.1) is 19.4 Å². The lowest BCUT2D eigenvalue weighted by Crippen LogP contribution is -2.57. The van der Waals surface area contributed by atoms with E-state index in [1.807, 2.05) is 18.2 Å². The fraction of sp³-hybridized carbons (Fsp3) is 0.361. The van der Waals surface area contributed by atoms with Crippen molar-refractivity contribution >= 4 is 50.2 Å². The first-order chi connectivity index (χ1) is 22.5. The number of aromatic nitrogens is 1. The third-order valence-electron chi connectivity index (χ3n) is 9.07. The van der Waals surface area contributed by atoms with Crippen molar-refractivity contribution in [2.45, 2.75) is 51.0 Å². The van der Waals surface area contributed by atoms with Gasteiger partial charge in [0.25, 0.3) is 0 Å². The van der Waals surface area contributed by atoms with Crippen molar-refractivity contribution in [3.05, 3.63) is 94.1 Å². The second-order valence-electron chi connectivity index (χ2n) is 12.3. The number of methoxy groups -OCH3 is 1. The van der Waals surface area contributed by atoms with E-state index >= 15 is 0 Å². The molecular formula is C36H39BrF2N4O4. The lowest BCUT2D eigenvalue weighted by Gasteiger charge is -2.39. The largest absolute Gasteiger partial charge is 0.497 e. The van der Waals surface area contributed by atoms with Crippen LogP contribution in [0.1, 0.15) is 43.2 Å². The molecule has 11 heteroatoms. The van der Waals surface area contributed by atoms with Gasteiger partial charge in [-0.15, -0.1) is 0 Å². The summed E-state index contributed by atoms with van der Waals surface area (Å²) in [5.41, 5.74) is 8.37. The molecule has 3 N–H and O–H groups in total. The quantitative estimate of drug-likeness (QED) is 0.174. The van der Waals surface area contributed by atoms with Crippen LogP contribution in [0.3, 0.4) is 0 Å². The number of benzene rings is 3. The maximum Gasteiger partial charge on any atom is 0.241 e. The first kappa shape index (κ1) is 34.1. The van der Waals surface area contributed by atoms with E-state index in [0.29, 0.717) is 11.4 Å². The minimum Gasteiger partial charge on any atom is -0.497 e. The van der Waals surface area contributed by atoms with Crippen LogP contribution in [-0.2, 0) is 27.2 Å². The number of carbonyl (C=O) groups is 3. The zero-order valence-electron chi connectivity index (χ0n) is 26.5. The number of nitrogens with zero attached hydrogens (tertiary/aromatic N) is 2. The minimum atomic E-state index is -1.39. The van der Waals surface area contributed by atoms with Gasteiger partial charge in [-0.2, -0.15) is 0 Å². The molecule has 0 bridgehead atoms. The molecule has 1 aromatic heterocycles. The molecule has 248 valence electrons. The predicted octanol–water partition coefficient (Wildman–Crippen LogP) is 6.54. The Bertz CT molecular complexity index is 1720. The smallest absolute Gasteiger partial charge is 0.241 e. The molecule has 0 radical (unpaired) electrons. The molecule has 1 aliphatic rings. The predicted molar refractivity (Wildman–Crippen MR) is 181 cm³/mol. The van der Waals surface area contributed by atoms with Crippen LogP contribution in [0.25, 0.3) is 10.9 Å². The number of rotatable bonds is 12. The third kappa shape index (κ3) is 8.19. The molecule has 1 saturated carbocycles. The summed E-state index contributed by atoms with van der Waals surface area (Å²) in [6.45, 7) is 0.228. The molecule has 1 fully saturated rings. The molecule has 2 atom stereocenters. The first-order valence-corrected chi connectivity index (χ1v) is 16.5. The summed E-state index contributed by atoms with van der Waals surface area (Å²) in [5, 5.41) is 0.850. The first-order valence-electron chi connectivity index (χ1n) is 15.7. The highest BCUT2D eigenvalue weighted by molar-refractivity contribution is 9.10. The topological polar surface area (TPSA) is 109 Å². The highest BCUT2D eigenvalue weighted by atomic mass is 79.9. The van der Waals surface area contributed by atoms with Crippen LogP contribution in [-0.4, -0.2) is 54.3 Å². The molecular weight excluding hydrogens is 670 g/mol. The molecule has 0 aliphatic heterocycles. The van der Waals surface area contributed by atoms with E-state index in [-0.39, 0.29) is 36.8 Å². The summed E-state index contributed by atoms with van der Waals surface area (Å²) in [7, 11) is 3.08. The molecule has 0 spiro atoms. The average Bonchev–Trinajstić information content (AvgIpc) is 3.44. The van der Waals surface area contributed by atoms with Crippen molar-refractivity contribution in [3.8, 4) is 5.75 Å². The summed E-state index contributed by atoms with van der Waals surface area (Å²) >= 11 is 3.50. The number of primary amides is 1. The van der Waals surface area contributed by atoms with E-state index in [2.05, 4.69) is 20.9 Å². The summed E-state index contributed by atoms with van der Waals surface area (Å²) in [6, 6.07) is 14.1. The molecule has 3 amide bonds.